The number of hydrogen-bond acceptors (Lipinski definition) is 6. The van der Waals surface area contributed by atoms with E-state index in [9.17, 15) is 5.53 Å². The summed E-state index contributed by atoms with van der Waals surface area (Å²) in [5, 5.41) is 0. The Balaban J connectivity index is 1.96. The molecule has 0 amide bonds. The normalized spacial score (nSPS) is 35.6. The average Bonchev–Trinajstić information content (AvgIpc) is 2.76. The van der Waals surface area contributed by atoms with Gasteiger partial charge in [0.05, 0.1) is 79.3 Å². The lowest BCUT2D eigenvalue weighted by atomic mass is 9.79. The Kier molecular flexibility index (Phi) is 9.07. The smallest absolute Gasteiger partial charge is 0.157 e. The minimum atomic E-state index is -0.473. The van der Waals surface area contributed by atoms with Crippen molar-refractivity contribution in [3.8, 4) is 0 Å². The van der Waals surface area contributed by atoms with Crippen LogP contribution in [0.2, 0.25) is 0 Å². The molecule has 0 N–H and O–H groups in total. The maximum Gasteiger partial charge on any atom is 0.157 e. The number of hydrogen-bond donors (Lipinski definition) is 0. The number of rotatable bonds is 0. The molecule has 3 heterocycles. The zero-order chi connectivity index (χ0) is 19.5. The average molecular weight is 401 g/mol. The monoisotopic (exact) mass is 400 g/mol. The molecule has 3 aliphatic rings. The predicted octanol–water partition coefficient (Wildman–Crippen LogP) is 1.98. The Hall–Kier alpha value is -0.640. The van der Waals surface area contributed by atoms with Crippen LogP contribution in [0.15, 0.2) is 0 Å². The topological polar surface area (TPSA) is 80.7 Å². The molecule has 2 bridgehead atoms. The van der Waals surface area contributed by atoms with Crippen molar-refractivity contribution in [2.75, 3.05) is 79.3 Å². The van der Waals surface area contributed by atoms with Crippen molar-refractivity contribution in [3.63, 3.8) is 0 Å². The first-order chi connectivity index (χ1) is 13.8. The molecule has 8 heteroatoms. The molecule has 0 aromatic rings. The van der Waals surface area contributed by atoms with E-state index in [-0.39, 0.29) is 0 Å². The summed E-state index contributed by atoms with van der Waals surface area (Å²) in [5.74, 6) is 0. The van der Waals surface area contributed by atoms with Gasteiger partial charge in [0.15, 0.2) is 11.1 Å². The second-order valence-electron chi connectivity index (χ2n) is 7.93. The summed E-state index contributed by atoms with van der Waals surface area (Å²) in [6.45, 7) is 6.90. The van der Waals surface area contributed by atoms with Gasteiger partial charge in [0.2, 0.25) is 0 Å². The third-order valence-corrected chi connectivity index (χ3v) is 6.29. The van der Waals surface area contributed by atoms with E-state index in [0.29, 0.717) is 79.3 Å². The molecule has 0 aromatic heterocycles. The predicted molar refractivity (Wildman–Crippen MR) is 102 cm³/mol. The lowest BCUT2D eigenvalue weighted by Crippen LogP contribution is -2.56. The van der Waals surface area contributed by atoms with Crippen LogP contribution >= 0.6 is 0 Å². The van der Waals surface area contributed by atoms with Gasteiger partial charge in [0, 0.05) is 38.5 Å². The van der Waals surface area contributed by atoms with Crippen LogP contribution in [-0.2, 0) is 28.4 Å². The third-order valence-electron chi connectivity index (χ3n) is 6.29. The van der Waals surface area contributed by atoms with Gasteiger partial charge in [-0.1, -0.05) is 0 Å². The molecule has 3 saturated heterocycles. The molecule has 0 aromatic carbocycles. The van der Waals surface area contributed by atoms with Crippen molar-refractivity contribution < 1.29 is 33.1 Å². The zero-order valence-corrected chi connectivity index (χ0v) is 17.1. The SMILES string of the molecule is [N-]=[N+]1C23CCOCCOCCC1(CCOCCOCC2)CCOCCOCC3. The van der Waals surface area contributed by atoms with E-state index in [4.69, 9.17) is 28.4 Å². The quantitative estimate of drug-likeness (QED) is 0.579. The Morgan fingerprint density at radius 1 is 0.393 bits per heavy atom. The van der Waals surface area contributed by atoms with Crippen molar-refractivity contribution in [1.29, 1.82) is 0 Å². The highest BCUT2D eigenvalue weighted by Crippen LogP contribution is 2.37. The van der Waals surface area contributed by atoms with Gasteiger partial charge in [-0.3, -0.25) is 0 Å². The van der Waals surface area contributed by atoms with E-state index in [2.05, 4.69) is 0 Å². The van der Waals surface area contributed by atoms with Gasteiger partial charge >= 0.3 is 0 Å². The van der Waals surface area contributed by atoms with Crippen molar-refractivity contribution in [3.05, 3.63) is 5.53 Å². The second kappa shape index (κ2) is 11.5. The first-order valence-corrected chi connectivity index (χ1v) is 10.7. The van der Waals surface area contributed by atoms with Gasteiger partial charge < -0.3 is 38.6 Å². The number of ether oxygens (including phenoxy) is 6. The van der Waals surface area contributed by atoms with E-state index in [1.54, 1.807) is 4.70 Å². The highest BCUT2D eigenvalue weighted by Gasteiger charge is 2.49. The standard InChI is InChI=1S/C20H36N2O6/c21-22-19-1-7-23-13-14-26-10-4-20(22,5-11-27-17-15-24-8-2-19)6-12-28-18-16-25-9-3-19/h1-18H2. The minimum absolute atomic E-state index is 0.473. The Labute approximate surface area is 168 Å². The first-order valence-electron chi connectivity index (χ1n) is 10.7. The van der Waals surface area contributed by atoms with E-state index in [1.807, 2.05) is 0 Å². The molecule has 3 aliphatic heterocycles. The summed E-state index contributed by atoms with van der Waals surface area (Å²) >= 11 is 0. The first kappa shape index (κ1) is 22.1. The lowest BCUT2D eigenvalue weighted by molar-refractivity contribution is -0.701. The van der Waals surface area contributed by atoms with E-state index in [1.165, 1.54) is 0 Å². The molecule has 0 atom stereocenters. The van der Waals surface area contributed by atoms with Gasteiger partial charge in [-0.25, -0.2) is 0 Å². The zero-order valence-electron chi connectivity index (χ0n) is 17.1. The number of nitrogens with zero attached hydrogens (tertiary/aromatic N) is 2. The Morgan fingerprint density at radius 3 is 0.821 bits per heavy atom. The van der Waals surface area contributed by atoms with E-state index < -0.39 is 11.1 Å². The van der Waals surface area contributed by atoms with Crippen LogP contribution in [0.1, 0.15) is 38.5 Å². The van der Waals surface area contributed by atoms with Gasteiger partial charge in [-0.05, 0) is 0 Å². The summed E-state index contributed by atoms with van der Waals surface area (Å²) in [7, 11) is 0. The molecule has 0 unspecified atom stereocenters. The molecular formula is C20H36N2O6. The van der Waals surface area contributed by atoms with Crippen molar-refractivity contribution in [1.82, 2.24) is 0 Å². The van der Waals surface area contributed by atoms with Gasteiger partial charge in [0.1, 0.15) is 0 Å². The van der Waals surface area contributed by atoms with Crippen LogP contribution in [-0.4, -0.2) is 95.1 Å². The molecular weight excluding hydrogens is 364 g/mol. The molecule has 0 radical (unpaired) electrons. The molecule has 0 spiro atoms. The summed E-state index contributed by atoms with van der Waals surface area (Å²) in [4.78, 5) is 0. The van der Waals surface area contributed by atoms with Crippen LogP contribution in [0.25, 0.3) is 5.53 Å². The van der Waals surface area contributed by atoms with Crippen molar-refractivity contribution in [2.45, 2.75) is 49.6 Å². The fourth-order valence-electron chi connectivity index (χ4n) is 4.43. The van der Waals surface area contributed by atoms with Crippen LogP contribution < -0.4 is 0 Å². The van der Waals surface area contributed by atoms with E-state index >= 15 is 0 Å². The van der Waals surface area contributed by atoms with Crippen LogP contribution in [0.5, 0.6) is 0 Å². The van der Waals surface area contributed by atoms with Gasteiger partial charge in [-0.15, -0.1) is 0 Å². The second-order valence-corrected chi connectivity index (χ2v) is 7.93. The highest BCUT2D eigenvalue weighted by molar-refractivity contribution is 4.88. The summed E-state index contributed by atoms with van der Waals surface area (Å²) < 4.78 is 36.4. The largest absolute Gasteiger partial charge is 0.506 e. The van der Waals surface area contributed by atoms with E-state index in [0.717, 1.165) is 38.5 Å². The van der Waals surface area contributed by atoms with Gasteiger partial charge in [0.25, 0.3) is 0 Å². The molecule has 8 nitrogen and oxygen atoms in total. The molecule has 28 heavy (non-hydrogen) atoms. The molecule has 3 rings (SSSR count). The fraction of sp³-hybridized carbons (Fsp3) is 1.00. The van der Waals surface area contributed by atoms with Crippen LogP contribution in [0.3, 0.4) is 0 Å². The van der Waals surface area contributed by atoms with Gasteiger partial charge in [-0.2, -0.15) is 0 Å². The molecule has 162 valence electrons. The van der Waals surface area contributed by atoms with Crippen LogP contribution in [0.4, 0.5) is 0 Å². The molecule has 3 fully saturated rings. The molecule has 0 aliphatic carbocycles. The fourth-order valence-corrected chi connectivity index (χ4v) is 4.43. The minimum Gasteiger partial charge on any atom is -0.506 e. The Morgan fingerprint density at radius 2 is 0.607 bits per heavy atom. The summed E-state index contributed by atoms with van der Waals surface area (Å²) in [6, 6.07) is 0. The molecule has 0 saturated carbocycles. The highest BCUT2D eigenvalue weighted by atomic mass is 16.5. The van der Waals surface area contributed by atoms with Crippen molar-refractivity contribution >= 4 is 0 Å². The lowest BCUT2D eigenvalue weighted by Gasteiger charge is -2.44. The summed E-state index contributed by atoms with van der Waals surface area (Å²) in [6.07, 6.45) is 4.33. The third kappa shape index (κ3) is 5.93. The maximum absolute atomic E-state index is 11.8. The van der Waals surface area contributed by atoms with Crippen molar-refractivity contribution in [2.24, 2.45) is 0 Å². The van der Waals surface area contributed by atoms with Crippen LogP contribution in [0, 0.1) is 0 Å². The maximum atomic E-state index is 11.8. The summed E-state index contributed by atoms with van der Waals surface area (Å²) in [5.41, 5.74) is 10.8. The Bertz CT molecular complexity index is 383.